The molecule has 3 rings (SSSR count). The van der Waals surface area contributed by atoms with Crippen molar-refractivity contribution in [3.05, 3.63) is 94.9 Å². The average Bonchev–Trinajstić information content (AvgIpc) is 2.77. The summed E-state index contributed by atoms with van der Waals surface area (Å²) in [5.74, 6) is -0.601. The Morgan fingerprint density at radius 3 is 2.43 bits per heavy atom. The first kappa shape index (κ1) is 21.0. The molecule has 4 N–H and O–H groups in total. The minimum absolute atomic E-state index is 0.127. The van der Waals surface area contributed by atoms with Crippen LogP contribution in [-0.4, -0.2) is 30.4 Å². The molecule has 2 aromatic carbocycles. The number of halogens is 1. The molecule has 0 saturated heterocycles. The smallest absolute Gasteiger partial charge is 0.251 e. The van der Waals surface area contributed by atoms with Crippen molar-refractivity contribution >= 4 is 17.6 Å². The molecule has 2 amide bonds. The average molecular weight is 406 g/mol. The molecule has 0 aliphatic carbocycles. The van der Waals surface area contributed by atoms with Crippen LogP contribution in [0, 0.1) is 5.82 Å². The number of rotatable bonds is 7. The van der Waals surface area contributed by atoms with Gasteiger partial charge < -0.3 is 16.4 Å². The Kier molecular flexibility index (Phi) is 6.75. The number of anilines is 1. The summed E-state index contributed by atoms with van der Waals surface area (Å²) in [6.45, 7) is 0.382. The summed E-state index contributed by atoms with van der Waals surface area (Å²) < 4.78 is 13.4. The molecule has 0 saturated carbocycles. The van der Waals surface area contributed by atoms with Gasteiger partial charge in [-0.05, 0) is 53.9 Å². The Morgan fingerprint density at radius 1 is 1.00 bits per heavy atom. The predicted octanol–water partition coefficient (Wildman–Crippen LogP) is 3.11. The highest BCUT2D eigenvalue weighted by atomic mass is 19.1. The molecule has 0 spiro atoms. The molecule has 0 aliphatic heterocycles. The van der Waals surface area contributed by atoms with Gasteiger partial charge in [-0.15, -0.1) is 0 Å². The Hall–Kier alpha value is -3.74. The van der Waals surface area contributed by atoms with Crippen LogP contribution in [0.2, 0.25) is 0 Å². The summed E-state index contributed by atoms with van der Waals surface area (Å²) in [5, 5.41) is 5.50. The highest BCUT2D eigenvalue weighted by Gasteiger charge is 2.17. The van der Waals surface area contributed by atoms with Gasteiger partial charge in [-0.3, -0.25) is 9.59 Å². The SMILES string of the molecule is CNC(=O)c1cccc(C(CCNC(=O)c2ccnc(N)c2)c2ccc(F)cc2)c1. The maximum atomic E-state index is 13.4. The number of hydrogen-bond acceptors (Lipinski definition) is 4. The number of amides is 2. The molecule has 1 atom stereocenters. The lowest BCUT2D eigenvalue weighted by Crippen LogP contribution is -2.26. The van der Waals surface area contributed by atoms with E-state index in [1.165, 1.54) is 24.4 Å². The second-order valence-electron chi connectivity index (χ2n) is 6.82. The molecule has 1 unspecified atom stereocenters. The largest absolute Gasteiger partial charge is 0.384 e. The summed E-state index contributed by atoms with van der Waals surface area (Å²) in [5.41, 5.74) is 8.41. The van der Waals surface area contributed by atoms with Gasteiger partial charge in [-0.25, -0.2) is 9.37 Å². The Bertz CT molecular complexity index is 1040. The number of pyridine rings is 1. The van der Waals surface area contributed by atoms with E-state index in [0.717, 1.165) is 11.1 Å². The molecule has 7 heteroatoms. The maximum absolute atomic E-state index is 13.4. The lowest BCUT2D eigenvalue weighted by atomic mass is 9.87. The van der Waals surface area contributed by atoms with Crippen LogP contribution in [0.1, 0.15) is 44.2 Å². The van der Waals surface area contributed by atoms with Crippen molar-refractivity contribution in [1.29, 1.82) is 0 Å². The fourth-order valence-electron chi connectivity index (χ4n) is 3.28. The van der Waals surface area contributed by atoms with Gasteiger partial charge in [0.25, 0.3) is 11.8 Å². The van der Waals surface area contributed by atoms with Gasteiger partial charge in [0.2, 0.25) is 0 Å². The Labute approximate surface area is 174 Å². The van der Waals surface area contributed by atoms with Crippen molar-refractivity contribution in [1.82, 2.24) is 15.6 Å². The van der Waals surface area contributed by atoms with E-state index in [2.05, 4.69) is 15.6 Å². The van der Waals surface area contributed by atoms with E-state index in [0.29, 0.717) is 24.1 Å². The van der Waals surface area contributed by atoms with Crippen LogP contribution in [0.25, 0.3) is 0 Å². The molecule has 30 heavy (non-hydrogen) atoms. The van der Waals surface area contributed by atoms with E-state index in [1.807, 2.05) is 18.2 Å². The van der Waals surface area contributed by atoms with Crippen molar-refractivity contribution < 1.29 is 14.0 Å². The van der Waals surface area contributed by atoms with E-state index in [4.69, 9.17) is 5.73 Å². The number of nitrogen functional groups attached to an aromatic ring is 1. The van der Waals surface area contributed by atoms with Gasteiger partial charge >= 0.3 is 0 Å². The third-order valence-corrected chi connectivity index (χ3v) is 4.81. The monoisotopic (exact) mass is 406 g/mol. The maximum Gasteiger partial charge on any atom is 0.251 e. The third-order valence-electron chi connectivity index (χ3n) is 4.81. The van der Waals surface area contributed by atoms with Gasteiger partial charge in [0.05, 0.1) is 0 Å². The van der Waals surface area contributed by atoms with Crippen LogP contribution < -0.4 is 16.4 Å². The molecule has 0 bridgehead atoms. The molecule has 1 heterocycles. The molecular formula is C23H23FN4O2. The van der Waals surface area contributed by atoms with Crippen molar-refractivity contribution in [2.75, 3.05) is 19.3 Å². The van der Waals surface area contributed by atoms with Gasteiger partial charge in [0, 0.05) is 36.8 Å². The van der Waals surface area contributed by atoms with Crippen LogP contribution in [0.5, 0.6) is 0 Å². The zero-order valence-electron chi connectivity index (χ0n) is 16.6. The summed E-state index contributed by atoms with van der Waals surface area (Å²) in [6.07, 6.45) is 2.05. The number of nitrogens with zero attached hydrogens (tertiary/aromatic N) is 1. The molecule has 0 fully saturated rings. The van der Waals surface area contributed by atoms with Crippen LogP contribution in [0.4, 0.5) is 10.2 Å². The van der Waals surface area contributed by atoms with Gasteiger partial charge in [-0.2, -0.15) is 0 Å². The first-order chi connectivity index (χ1) is 14.5. The lowest BCUT2D eigenvalue weighted by molar-refractivity contribution is 0.0949. The van der Waals surface area contributed by atoms with Gasteiger partial charge in [0.15, 0.2) is 0 Å². The zero-order chi connectivity index (χ0) is 21.5. The third kappa shape index (κ3) is 5.20. The van der Waals surface area contributed by atoms with Crippen molar-refractivity contribution in [3.63, 3.8) is 0 Å². The second kappa shape index (κ2) is 9.65. The summed E-state index contributed by atoms with van der Waals surface area (Å²) in [7, 11) is 1.58. The number of nitrogens with two attached hydrogens (primary N) is 1. The number of carbonyl (C=O) groups is 2. The van der Waals surface area contributed by atoms with Crippen LogP contribution in [-0.2, 0) is 0 Å². The molecule has 154 valence electrons. The first-order valence-corrected chi connectivity index (χ1v) is 9.55. The topological polar surface area (TPSA) is 97.1 Å². The standard InChI is InChI=1S/C23H23FN4O2/c1-26-22(29)17-4-2-3-16(13-17)20(15-5-7-19(24)8-6-15)10-12-28-23(30)18-9-11-27-21(25)14-18/h2-9,11,13-14,20H,10,12H2,1H3,(H2,25,27)(H,26,29)(H,28,30). The van der Waals surface area contributed by atoms with Crippen molar-refractivity contribution in [2.45, 2.75) is 12.3 Å². The number of aromatic nitrogens is 1. The summed E-state index contributed by atoms with van der Waals surface area (Å²) in [6, 6.07) is 16.6. The molecular weight excluding hydrogens is 383 g/mol. The highest BCUT2D eigenvalue weighted by molar-refractivity contribution is 5.95. The highest BCUT2D eigenvalue weighted by Crippen LogP contribution is 2.28. The molecule has 0 radical (unpaired) electrons. The summed E-state index contributed by atoms with van der Waals surface area (Å²) in [4.78, 5) is 28.3. The number of carbonyl (C=O) groups excluding carboxylic acids is 2. The Morgan fingerprint density at radius 2 is 1.73 bits per heavy atom. The zero-order valence-corrected chi connectivity index (χ0v) is 16.6. The lowest BCUT2D eigenvalue weighted by Gasteiger charge is -2.19. The van der Waals surface area contributed by atoms with Crippen molar-refractivity contribution in [3.8, 4) is 0 Å². The minimum Gasteiger partial charge on any atom is -0.384 e. The quantitative estimate of drug-likeness (QED) is 0.562. The molecule has 1 aromatic heterocycles. The second-order valence-corrected chi connectivity index (χ2v) is 6.82. The fraction of sp³-hybridized carbons (Fsp3) is 0.174. The van der Waals surface area contributed by atoms with Crippen LogP contribution in [0.15, 0.2) is 66.9 Å². The van der Waals surface area contributed by atoms with Crippen LogP contribution in [0.3, 0.4) is 0 Å². The van der Waals surface area contributed by atoms with Crippen LogP contribution >= 0.6 is 0 Å². The molecule has 3 aromatic rings. The van der Waals surface area contributed by atoms with E-state index >= 15 is 0 Å². The van der Waals surface area contributed by atoms with E-state index in [-0.39, 0.29) is 29.4 Å². The van der Waals surface area contributed by atoms with E-state index < -0.39 is 0 Å². The van der Waals surface area contributed by atoms with E-state index in [1.54, 1.807) is 31.3 Å². The Balaban J connectivity index is 1.79. The number of benzene rings is 2. The fourth-order valence-corrected chi connectivity index (χ4v) is 3.28. The predicted molar refractivity (Wildman–Crippen MR) is 114 cm³/mol. The first-order valence-electron chi connectivity index (χ1n) is 9.55. The normalized spacial score (nSPS) is 11.5. The van der Waals surface area contributed by atoms with Gasteiger partial charge in [-0.1, -0.05) is 24.3 Å². The molecule has 0 aliphatic rings. The van der Waals surface area contributed by atoms with Crippen molar-refractivity contribution in [2.24, 2.45) is 0 Å². The van der Waals surface area contributed by atoms with Gasteiger partial charge in [0.1, 0.15) is 11.6 Å². The summed E-state index contributed by atoms with van der Waals surface area (Å²) >= 11 is 0. The number of nitrogens with one attached hydrogen (secondary N) is 2. The number of hydrogen-bond donors (Lipinski definition) is 3. The van der Waals surface area contributed by atoms with E-state index in [9.17, 15) is 14.0 Å². The minimum atomic E-state index is -0.319. The molecule has 6 nitrogen and oxygen atoms in total.